The number of aromatic nitrogens is 2. The molecule has 1 aliphatic carbocycles. The summed E-state index contributed by atoms with van der Waals surface area (Å²) < 4.78 is 4.24. The van der Waals surface area contributed by atoms with Crippen molar-refractivity contribution in [2.45, 2.75) is 71.0 Å². The summed E-state index contributed by atoms with van der Waals surface area (Å²) in [6.07, 6.45) is 8.60. The van der Waals surface area contributed by atoms with Crippen LogP contribution in [-0.4, -0.2) is 17.2 Å². The molecule has 2 radical (unpaired) electrons. The van der Waals surface area contributed by atoms with E-state index < -0.39 is 0 Å². The molecule has 1 fully saturated rings. The Hall–Kier alpha value is -0.375. The molecule has 0 unspecified atom stereocenters. The maximum Gasteiger partial charge on any atom is 0.139 e. The molecular formula is C13H23BN2S. The fourth-order valence-corrected chi connectivity index (χ4v) is 3.07. The van der Waals surface area contributed by atoms with E-state index in [-0.39, 0.29) is 5.31 Å². The summed E-state index contributed by atoms with van der Waals surface area (Å²) in [6.45, 7) is 5.94. The third-order valence-corrected chi connectivity index (χ3v) is 4.23. The van der Waals surface area contributed by atoms with Gasteiger partial charge in [0.2, 0.25) is 0 Å². The SMILES string of the molecule is CC.[B]C1(c2nc(C)ns2)CCCCCCC1. The molecule has 0 bridgehead atoms. The van der Waals surface area contributed by atoms with Gasteiger partial charge in [0, 0.05) is 0 Å². The van der Waals surface area contributed by atoms with E-state index in [1.165, 1.54) is 43.6 Å². The average molecular weight is 250 g/mol. The molecule has 94 valence electrons. The van der Waals surface area contributed by atoms with E-state index in [1.807, 2.05) is 20.8 Å². The van der Waals surface area contributed by atoms with Gasteiger partial charge in [-0.2, -0.15) is 4.37 Å². The fraction of sp³-hybridized carbons (Fsp3) is 0.846. The highest BCUT2D eigenvalue weighted by Gasteiger charge is 2.29. The number of nitrogens with zero attached hydrogens (tertiary/aromatic N) is 2. The smallest absolute Gasteiger partial charge is 0.139 e. The molecule has 2 rings (SSSR count). The summed E-state index contributed by atoms with van der Waals surface area (Å²) in [5.41, 5.74) is 0. The van der Waals surface area contributed by atoms with Crippen molar-refractivity contribution in [3.63, 3.8) is 0 Å². The maximum atomic E-state index is 6.47. The normalized spacial score (nSPS) is 19.7. The van der Waals surface area contributed by atoms with E-state index >= 15 is 0 Å². The Morgan fingerprint density at radius 1 is 1.06 bits per heavy atom. The Balaban J connectivity index is 0.000000686. The van der Waals surface area contributed by atoms with E-state index in [2.05, 4.69) is 9.36 Å². The Bertz CT molecular complexity index is 317. The van der Waals surface area contributed by atoms with Crippen LogP contribution in [0.1, 0.15) is 69.6 Å². The lowest BCUT2D eigenvalue weighted by Gasteiger charge is -2.29. The molecule has 1 aromatic heterocycles. The van der Waals surface area contributed by atoms with Gasteiger partial charge in [-0.1, -0.05) is 46.0 Å². The van der Waals surface area contributed by atoms with E-state index in [4.69, 9.17) is 7.85 Å². The largest absolute Gasteiger partial charge is 0.225 e. The predicted octanol–water partition coefficient (Wildman–Crippen LogP) is 3.98. The van der Waals surface area contributed by atoms with E-state index in [9.17, 15) is 0 Å². The van der Waals surface area contributed by atoms with Gasteiger partial charge in [0.05, 0.1) is 7.85 Å². The zero-order valence-corrected chi connectivity index (χ0v) is 12.1. The van der Waals surface area contributed by atoms with Crippen LogP contribution < -0.4 is 0 Å². The first-order chi connectivity index (χ1) is 8.21. The summed E-state index contributed by atoms with van der Waals surface area (Å²) in [5, 5.41) is 0.855. The second-order valence-corrected chi connectivity index (χ2v) is 5.32. The minimum Gasteiger partial charge on any atom is -0.225 e. The maximum absolute atomic E-state index is 6.47. The highest BCUT2D eigenvalue weighted by Crippen LogP contribution is 2.35. The molecule has 1 aromatic rings. The summed E-state index contributed by atoms with van der Waals surface area (Å²) in [7, 11) is 6.47. The van der Waals surface area contributed by atoms with Gasteiger partial charge in [-0.25, -0.2) is 4.98 Å². The molecule has 0 spiro atoms. The second kappa shape index (κ2) is 7.15. The zero-order chi connectivity index (χ0) is 12.7. The highest BCUT2D eigenvalue weighted by molar-refractivity contribution is 7.05. The number of hydrogen-bond acceptors (Lipinski definition) is 3. The lowest BCUT2D eigenvalue weighted by Crippen LogP contribution is -2.27. The molecule has 0 aromatic carbocycles. The van der Waals surface area contributed by atoms with Crippen LogP contribution in [0.3, 0.4) is 0 Å². The van der Waals surface area contributed by atoms with Crippen LogP contribution in [0.2, 0.25) is 0 Å². The van der Waals surface area contributed by atoms with Gasteiger partial charge in [-0.05, 0) is 36.6 Å². The standard InChI is InChI=1S/C11H17BN2S.C2H6/c1-9-13-10(15-14-9)11(12)7-5-3-2-4-6-8-11;1-2/h2-8H2,1H3;1-2H3. The van der Waals surface area contributed by atoms with Crippen LogP contribution in [0.4, 0.5) is 0 Å². The molecule has 1 aliphatic rings. The summed E-state index contributed by atoms with van der Waals surface area (Å²) >= 11 is 1.48. The molecule has 2 nitrogen and oxygen atoms in total. The molecule has 1 heterocycles. The Morgan fingerprint density at radius 3 is 2.06 bits per heavy atom. The van der Waals surface area contributed by atoms with Crippen LogP contribution in [0, 0.1) is 6.92 Å². The van der Waals surface area contributed by atoms with Crippen molar-refractivity contribution < 1.29 is 0 Å². The minimum atomic E-state index is -0.188. The third-order valence-electron chi connectivity index (χ3n) is 3.20. The highest BCUT2D eigenvalue weighted by atomic mass is 32.1. The van der Waals surface area contributed by atoms with Crippen LogP contribution in [0.15, 0.2) is 0 Å². The molecule has 0 atom stereocenters. The molecule has 0 N–H and O–H groups in total. The predicted molar refractivity (Wildman–Crippen MR) is 75.7 cm³/mol. The zero-order valence-electron chi connectivity index (χ0n) is 11.3. The van der Waals surface area contributed by atoms with Crippen molar-refractivity contribution in [3.05, 3.63) is 10.8 Å². The van der Waals surface area contributed by atoms with Crippen molar-refractivity contribution in [2.75, 3.05) is 0 Å². The van der Waals surface area contributed by atoms with Gasteiger partial charge in [-0.3, -0.25) is 0 Å². The minimum absolute atomic E-state index is 0.188. The molecule has 0 saturated heterocycles. The molecular weight excluding hydrogens is 227 g/mol. The van der Waals surface area contributed by atoms with Gasteiger partial charge in [0.1, 0.15) is 10.8 Å². The monoisotopic (exact) mass is 250 g/mol. The Labute approximate surface area is 111 Å². The average Bonchev–Trinajstić information content (AvgIpc) is 2.74. The Morgan fingerprint density at radius 2 is 1.59 bits per heavy atom. The van der Waals surface area contributed by atoms with Crippen molar-refractivity contribution in [1.82, 2.24) is 9.36 Å². The first-order valence-corrected chi connectivity index (χ1v) is 7.58. The number of hydrogen-bond donors (Lipinski definition) is 0. The van der Waals surface area contributed by atoms with Crippen LogP contribution in [0.5, 0.6) is 0 Å². The number of rotatable bonds is 1. The molecule has 1 saturated carbocycles. The van der Waals surface area contributed by atoms with E-state index in [1.54, 1.807) is 0 Å². The van der Waals surface area contributed by atoms with Gasteiger partial charge < -0.3 is 0 Å². The van der Waals surface area contributed by atoms with Crippen LogP contribution >= 0.6 is 11.5 Å². The van der Waals surface area contributed by atoms with Gasteiger partial charge in [-0.15, -0.1) is 0 Å². The lowest BCUT2D eigenvalue weighted by atomic mass is 9.62. The molecule has 0 aliphatic heterocycles. The fourth-order valence-electron chi connectivity index (χ4n) is 2.25. The van der Waals surface area contributed by atoms with E-state index in [0.717, 1.165) is 23.7 Å². The summed E-state index contributed by atoms with van der Waals surface area (Å²) in [5.74, 6) is 0.863. The lowest BCUT2D eigenvalue weighted by molar-refractivity contribution is 0.414. The van der Waals surface area contributed by atoms with Crippen LogP contribution in [-0.2, 0) is 5.31 Å². The van der Waals surface area contributed by atoms with E-state index in [0.29, 0.717) is 0 Å². The van der Waals surface area contributed by atoms with Crippen molar-refractivity contribution >= 4 is 19.4 Å². The van der Waals surface area contributed by atoms with Gasteiger partial charge in [0.15, 0.2) is 0 Å². The molecule has 17 heavy (non-hydrogen) atoms. The molecule has 4 heteroatoms. The first kappa shape index (κ1) is 14.7. The van der Waals surface area contributed by atoms with Gasteiger partial charge in [0.25, 0.3) is 0 Å². The Kier molecular flexibility index (Phi) is 6.17. The summed E-state index contributed by atoms with van der Waals surface area (Å²) in [6, 6.07) is 0. The van der Waals surface area contributed by atoms with Gasteiger partial charge >= 0.3 is 0 Å². The number of aryl methyl sites for hydroxylation is 1. The second-order valence-electron chi connectivity index (χ2n) is 4.57. The van der Waals surface area contributed by atoms with Crippen LogP contribution in [0.25, 0.3) is 0 Å². The third kappa shape index (κ3) is 4.09. The van der Waals surface area contributed by atoms with Crippen molar-refractivity contribution in [1.29, 1.82) is 0 Å². The summed E-state index contributed by atoms with van der Waals surface area (Å²) in [4.78, 5) is 4.46. The first-order valence-electron chi connectivity index (χ1n) is 6.80. The van der Waals surface area contributed by atoms with Crippen molar-refractivity contribution in [3.8, 4) is 0 Å². The van der Waals surface area contributed by atoms with Crippen molar-refractivity contribution in [2.24, 2.45) is 0 Å². The molecule has 0 amide bonds. The quantitative estimate of drug-likeness (QED) is 0.704. The topological polar surface area (TPSA) is 25.8 Å².